The van der Waals surface area contributed by atoms with Crippen molar-refractivity contribution in [1.82, 2.24) is 30.2 Å². The van der Waals surface area contributed by atoms with Crippen LogP contribution in [0.1, 0.15) is 24.0 Å². The second-order valence-corrected chi connectivity index (χ2v) is 6.33. The molecule has 0 spiro atoms. The maximum atomic E-state index is 12.4. The zero-order valence-corrected chi connectivity index (χ0v) is 12.9. The monoisotopic (exact) mass is 312 g/mol. The summed E-state index contributed by atoms with van der Waals surface area (Å²) in [6.45, 7) is 5.12. The molecule has 2 heterocycles. The zero-order chi connectivity index (χ0) is 15.3. The molecule has 116 valence electrons. The van der Waals surface area contributed by atoms with Crippen molar-refractivity contribution < 1.29 is 8.42 Å². The fourth-order valence-electron chi connectivity index (χ4n) is 2.00. The molecule has 0 unspecified atom stereocenters. The summed E-state index contributed by atoms with van der Waals surface area (Å²) >= 11 is 0. The smallest absolute Gasteiger partial charge is 0.244 e. The summed E-state index contributed by atoms with van der Waals surface area (Å²) in [4.78, 5) is 7.06. The molecule has 0 bridgehead atoms. The average molecular weight is 312 g/mol. The van der Waals surface area contributed by atoms with Gasteiger partial charge in [0.1, 0.15) is 4.90 Å². The third-order valence-corrected chi connectivity index (χ3v) is 4.68. The van der Waals surface area contributed by atoms with E-state index in [2.05, 4.69) is 30.2 Å². The Labute approximate surface area is 123 Å². The molecule has 4 N–H and O–H groups in total. The molecule has 0 saturated carbocycles. The van der Waals surface area contributed by atoms with E-state index < -0.39 is 10.0 Å². The second-order valence-electron chi connectivity index (χ2n) is 4.63. The molecule has 0 aliphatic rings. The van der Waals surface area contributed by atoms with Crippen molar-refractivity contribution in [2.24, 2.45) is 0 Å². The number of aromatic amines is 2. The topological polar surface area (TPSA) is 116 Å². The lowest BCUT2D eigenvalue weighted by Gasteiger charge is -2.08. The summed E-state index contributed by atoms with van der Waals surface area (Å²) in [6.07, 6.45) is 3.80. The van der Waals surface area contributed by atoms with Crippen molar-refractivity contribution in [2.45, 2.75) is 31.7 Å². The molecular weight excluding hydrogens is 292 g/mol. The highest BCUT2D eigenvalue weighted by Crippen LogP contribution is 2.17. The lowest BCUT2D eigenvalue weighted by molar-refractivity contribution is 0.578. The van der Waals surface area contributed by atoms with Crippen LogP contribution in [-0.2, 0) is 23.0 Å². The number of hydrogen-bond acceptors (Lipinski definition) is 5. The number of H-pyrrole nitrogens is 2. The summed E-state index contributed by atoms with van der Waals surface area (Å²) < 4.78 is 27.4. The van der Waals surface area contributed by atoms with E-state index in [4.69, 9.17) is 0 Å². The molecule has 8 nitrogen and oxygen atoms in total. The molecule has 0 aliphatic carbocycles. The third kappa shape index (κ3) is 3.90. The molecule has 0 aliphatic heterocycles. The molecule has 2 rings (SSSR count). The van der Waals surface area contributed by atoms with Gasteiger partial charge in [-0.1, -0.05) is 6.92 Å². The summed E-state index contributed by atoms with van der Waals surface area (Å²) in [6, 6.07) is 0. The van der Waals surface area contributed by atoms with Crippen LogP contribution < -0.4 is 10.0 Å². The predicted octanol–water partition coefficient (Wildman–Crippen LogP) is 0.0717. The van der Waals surface area contributed by atoms with Gasteiger partial charge in [-0.3, -0.25) is 5.10 Å². The van der Waals surface area contributed by atoms with E-state index in [1.165, 1.54) is 0 Å². The highest BCUT2D eigenvalue weighted by atomic mass is 32.2. The molecule has 0 atom stereocenters. The van der Waals surface area contributed by atoms with E-state index in [1.54, 1.807) is 19.4 Å². The molecule has 0 saturated heterocycles. The van der Waals surface area contributed by atoms with Crippen molar-refractivity contribution in [3.63, 3.8) is 0 Å². The molecule has 0 aromatic carbocycles. The van der Waals surface area contributed by atoms with Gasteiger partial charge in [-0.15, -0.1) is 0 Å². The lowest BCUT2D eigenvalue weighted by Crippen LogP contribution is -2.28. The van der Waals surface area contributed by atoms with Crippen LogP contribution in [0, 0.1) is 6.92 Å². The molecule has 2 aromatic heterocycles. The van der Waals surface area contributed by atoms with Crippen LogP contribution >= 0.6 is 0 Å². The summed E-state index contributed by atoms with van der Waals surface area (Å²) in [7, 11) is -3.58. The maximum absolute atomic E-state index is 12.4. The van der Waals surface area contributed by atoms with Crippen LogP contribution in [0.15, 0.2) is 17.4 Å². The Morgan fingerprint density at radius 3 is 2.86 bits per heavy atom. The second kappa shape index (κ2) is 6.83. The summed E-state index contributed by atoms with van der Waals surface area (Å²) in [5.41, 5.74) is 1.93. The number of aromatic nitrogens is 4. The minimum Gasteiger partial charge on any atom is -0.348 e. The van der Waals surface area contributed by atoms with Crippen LogP contribution in [0.5, 0.6) is 0 Å². The van der Waals surface area contributed by atoms with Crippen LogP contribution in [0.4, 0.5) is 0 Å². The van der Waals surface area contributed by atoms with E-state index in [0.29, 0.717) is 30.9 Å². The van der Waals surface area contributed by atoms with E-state index >= 15 is 0 Å². The van der Waals surface area contributed by atoms with Gasteiger partial charge in [-0.2, -0.15) is 5.10 Å². The first-order chi connectivity index (χ1) is 10.0. The SMILES string of the molecule is CCNCc1n[nH]c(C)c1S(=O)(=O)NCCc1cnc[nH]1. The summed E-state index contributed by atoms with van der Waals surface area (Å²) in [5.74, 6) is 0. The Morgan fingerprint density at radius 2 is 2.19 bits per heavy atom. The van der Waals surface area contributed by atoms with Gasteiger partial charge in [-0.25, -0.2) is 18.1 Å². The third-order valence-electron chi connectivity index (χ3n) is 3.01. The lowest BCUT2D eigenvalue weighted by atomic mass is 10.3. The Balaban J connectivity index is 2.06. The van der Waals surface area contributed by atoms with Crippen molar-refractivity contribution >= 4 is 10.0 Å². The van der Waals surface area contributed by atoms with E-state index in [9.17, 15) is 8.42 Å². The minimum absolute atomic E-state index is 0.230. The maximum Gasteiger partial charge on any atom is 0.244 e. The van der Waals surface area contributed by atoms with Crippen molar-refractivity contribution in [1.29, 1.82) is 0 Å². The van der Waals surface area contributed by atoms with Gasteiger partial charge >= 0.3 is 0 Å². The number of sulfonamides is 1. The first-order valence-electron chi connectivity index (χ1n) is 6.76. The van der Waals surface area contributed by atoms with Gasteiger partial charge in [0.05, 0.1) is 17.7 Å². The van der Waals surface area contributed by atoms with Gasteiger partial charge in [0.15, 0.2) is 0 Å². The number of nitrogens with one attached hydrogen (secondary N) is 4. The molecule has 9 heteroatoms. The Morgan fingerprint density at radius 1 is 1.38 bits per heavy atom. The quantitative estimate of drug-likeness (QED) is 0.550. The van der Waals surface area contributed by atoms with Gasteiger partial charge in [-0.05, 0) is 13.5 Å². The molecule has 0 fully saturated rings. The number of nitrogens with zero attached hydrogens (tertiary/aromatic N) is 2. The average Bonchev–Trinajstić information content (AvgIpc) is 3.06. The van der Waals surface area contributed by atoms with Gasteiger partial charge in [0.2, 0.25) is 10.0 Å². The first kappa shape index (κ1) is 15.7. The normalized spacial score (nSPS) is 11.9. The molecule has 0 radical (unpaired) electrons. The number of hydrogen-bond donors (Lipinski definition) is 4. The number of aryl methyl sites for hydroxylation is 1. The van der Waals surface area contributed by atoms with Crippen molar-refractivity contribution in [3.05, 3.63) is 29.6 Å². The Hall–Kier alpha value is -1.71. The fourth-order valence-corrected chi connectivity index (χ4v) is 3.39. The predicted molar refractivity (Wildman–Crippen MR) is 78.2 cm³/mol. The van der Waals surface area contributed by atoms with Crippen molar-refractivity contribution in [3.8, 4) is 0 Å². The van der Waals surface area contributed by atoms with Gasteiger partial charge in [0.25, 0.3) is 0 Å². The summed E-state index contributed by atoms with van der Waals surface area (Å²) in [5, 5.41) is 9.87. The van der Waals surface area contributed by atoms with E-state index in [-0.39, 0.29) is 4.90 Å². The number of imidazole rings is 1. The Bertz CT molecular complexity index is 662. The minimum atomic E-state index is -3.58. The van der Waals surface area contributed by atoms with Crippen LogP contribution in [0.2, 0.25) is 0 Å². The van der Waals surface area contributed by atoms with E-state index in [1.807, 2.05) is 6.92 Å². The standard InChI is InChI=1S/C12H20N6O2S/c1-3-13-7-11-12(9(2)17-18-11)21(19,20)16-5-4-10-6-14-8-15-10/h6,8,13,16H,3-5,7H2,1-2H3,(H,14,15)(H,17,18). The van der Waals surface area contributed by atoms with Crippen molar-refractivity contribution in [2.75, 3.05) is 13.1 Å². The molecular formula is C12H20N6O2S. The van der Waals surface area contributed by atoms with Crippen LogP contribution in [0.25, 0.3) is 0 Å². The number of rotatable bonds is 8. The molecule has 0 amide bonds. The van der Waals surface area contributed by atoms with Crippen LogP contribution in [0.3, 0.4) is 0 Å². The molecule has 2 aromatic rings. The van der Waals surface area contributed by atoms with E-state index in [0.717, 1.165) is 12.2 Å². The highest BCUT2D eigenvalue weighted by molar-refractivity contribution is 7.89. The van der Waals surface area contributed by atoms with Gasteiger partial charge < -0.3 is 10.3 Å². The first-order valence-corrected chi connectivity index (χ1v) is 8.24. The largest absolute Gasteiger partial charge is 0.348 e. The zero-order valence-electron chi connectivity index (χ0n) is 12.1. The molecule has 21 heavy (non-hydrogen) atoms. The highest BCUT2D eigenvalue weighted by Gasteiger charge is 2.23. The van der Waals surface area contributed by atoms with Crippen LogP contribution in [-0.4, -0.2) is 41.7 Å². The fraction of sp³-hybridized carbons (Fsp3) is 0.500. The van der Waals surface area contributed by atoms with Gasteiger partial charge in [0, 0.05) is 31.4 Å². The Kier molecular flexibility index (Phi) is 5.10.